The van der Waals surface area contributed by atoms with Crippen molar-refractivity contribution in [3.8, 4) is 6.07 Å². The maximum absolute atomic E-state index is 12.1. The minimum atomic E-state index is -0.125. The molecule has 0 aromatic heterocycles. The fraction of sp³-hybridized carbons (Fsp3) is 0.529. The third-order valence-electron chi connectivity index (χ3n) is 4.18. The van der Waals surface area contributed by atoms with E-state index in [4.69, 9.17) is 5.26 Å². The monoisotopic (exact) mass is 300 g/mol. The zero-order valence-corrected chi connectivity index (χ0v) is 13.3. The standard InChI is InChI=1S/C17H24N4O/c1-3-21-10-4-5-16(12-21)20-17(22)19-13(2)15-8-6-14(11-18)7-9-15/h6-9,13,16H,3-5,10,12H2,1-2H3,(H2,19,20,22)/t13-,16-/m1/s1. The van der Waals surface area contributed by atoms with Gasteiger partial charge in [0, 0.05) is 12.6 Å². The van der Waals surface area contributed by atoms with Gasteiger partial charge in [0.15, 0.2) is 0 Å². The van der Waals surface area contributed by atoms with Gasteiger partial charge in [-0.2, -0.15) is 5.26 Å². The van der Waals surface area contributed by atoms with Crippen LogP contribution in [0.5, 0.6) is 0 Å². The van der Waals surface area contributed by atoms with Crippen LogP contribution >= 0.6 is 0 Å². The number of carbonyl (C=O) groups is 1. The molecular formula is C17H24N4O. The number of benzene rings is 1. The number of urea groups is 1. The molecule has 5 heteroatoms. The van der Waals surface area contributed by atoms with Gasteiger partial charge in [-0.3, -0.25) is 0 Å². The van der Waals surface area contributed by atoms with E-state index < -0.39 is 0 Å². The van der Waals surface area contributed by atoms with Crippen molar-refractivity contribution < 1.29 is 4.79 Å². The second-order valence-corrected chi connectivity index (χ2v) is 5.81. The van der Waals surface area contributed by atoms with Gasteiger partial charge in [-0.1, -0.05) is 19.1 Å². The van der Waals surface area contributed by atoms with Crippen LogP contribution in [0.15, 0.2) is 24.3 Å². The highest BCUT2D eigenvalue weighted by molar-refractivity contribution is 5.74. The zero-order chi connectivity index (χ0) is 15.9. The summed E-state index contributed by atoms with van der Waals surface area (Å²) in [7, 11) is 0. The van der Waals surface area contributed by atoms with E-state index in [1.54, 1.807) is 12.1 Å². The van der Waals surface area contributed by atoms with Gasteiger partial charge in [0.05, 0.1) is 17.7 Å². The van der Waals surface area contributed by atoms with Crippen LogP contribution in [-0.2, 0) is 0 Å². The third-order valence-corrected chi connectivity index (χ3v) is 4.18. The smallest absolute Gasteiger partial charge is 0.315 e. The molecule has 1 aliphatic rings. The van der Waals surface area contributed by atoms with E-state index in [9.17, 15) is 4.79 Å². The molecule has 0 saturated carbocycles. The quantitative estimate of drug-likeness (QED) is 0.897. The van der Waals surface area contributed by atoms with Gasteiger partial charge in [-0.05, 0) is 50.6 Å². The summed E-state index contributed by atoms with van der Waals surface area (Å²) in [6.45, 7) is 7.17. The number of nitriles is 1. The number of nitrogens with one attached hydrogen (secondary N) is 2. The first-order valence-electron chi connectivity index (χ1n) is 7.91. The molecule has 2 N–H and O–H groups in total. The molecule has 0 unspecified atom stereocenters. The summed E-state index contributed by atoms with van der Waals surface area (Å²) in [6, 6.07) is 9.40. The summed E-state index contributed by atoms with van der Waals surface area (Å²) in [5, 5.41) is 14.8. The summed E-state index contributed by atoms with van der Waals surface area (Å²) < 4.78 is 0. The first-order valence-corrected chi connectivity index (χ1v) is 7.91. The number of piperidine rings is 1. The number of carbonyl (C=O) groups excluding carboxylic acids is 1. The molecule has 22 heavy (non-hydrogen) atoms. The number of hydrogen-bond donors (Lipinski definition) is 2. The molecule has 1 heterocycles. The van der Waals surface area contributed by atoms with Crippen LogP contribution in [0.4, 0.5) is 4.79 Å². The molecule has 118 valence electrons. The number of amides is 2. The van der Waals surface area contributed by atoms with E-state index in [-0.39, 0.29) is 18.1 Å². The van der Waals surface area contributed by atoms with Gasteiger partial charge >= 0.3 is 6.03 Å². The Kier molecular flexibility index (Phi) is 5.79. The summed E-state index contributed by atoms with van der Waals surface area (Å²) in [5.41, 5.74) is 1.62. The van der Waals surface area contributed by atoms with Crippen molar-refractivity contribution in [1.29, 1.82) is 5.26 Å². The lowest BCUT2D eigenvalue weighted by Gasteiger charge is -2.32. The molecule has 0 aliphatic carbocycles. The van der Waals surface area contributed by atoms with Gasteiger partial charge in [-0.15, -0.1) is 0 Å². The first-order chi connectivity index (χ1) is 10.6. The third kappa shape index (κ3) is 4.47. The van der Waals surface area contributed by atoms with E-state index in [1.807, 2.05) is 19.1 Å². The molecule has 1 aromatic rings. The highest BCUT2D eigenvalue weighted by atomic mass is 16.2. The van der Waals surface area contributed by atoms with Crippen LogP contribution in [0.1, 0.15) is 43.9 Å². The normalized spacial score (nSPS) is 20.0. The van der Waals surface area contributed by atoms with Crippen LogP contribution in [0, 0.1) is 11.3 Å². The highest BCUT2D eigenvalue weighted by Crippen LogP contribution is 2.13. The predicted octanol–water partition coefficient (Wildman–Crippen LogP) is 2.40. The molecule has 1 aromatic carbocycles. The van der Waals surface area contributed by atoms with Crippen LogP contribution in [0.3, 0.4) is 0 Å². The van der Waals surface area contributed by atoms with Crippen molar-refractivity contribution in [2.75, 3.05) is 19.6 Å². The summed E-state index contributed by atoms with van der Waals surface area (Å²) in [5.74, 6) is 0. The van der Waals surface area contributed by atoms with Crippen molar-refractivity contribution in [1.82, 2.24) is 15.5 Å². The Bertz CT molecular complexity index is 535. The molecule has 5 nitrogen and oxygen atoms in total. The minimum Gasteiger partial charge on any atom is -0.334 e. The van der Waals surface area contributed by atoms with Gasteiger partial charge in [0.1, 0.15) is 0 Å². The van der Waals surface area contributed by atoms with Gasteiger partial charge in [0.2, 0.25) is 0 Å². The lowest BCUT2D eigenvalue weighted by atomic mass is 10.1. The van der Waals surface area contributed by atoms with Crippen LogP contribution in [0.25, 0.3) is 0 Å². The van der Waals surface area contributed by atoms with E-state index in [0.717, 1.165) is 38.0 Å². The number of hydrogen-bond acceptors (Lipinski definition) is 3. The molecule has 0 spiro atoms. The zero-order valence-electron chi connectivity index (χ0n) is 13.3. The van der Waals surface area contributed by atoms with Crippen LogP contribution in [0.2, 0.25) is 0 Å². The Balaban J connectivity index is 1.84. The molecule has 2 rings (SSSR count). The van der Waals surface area contributed by atoms with Gasteiger partial charge in [0.25, 0.3) is 0 Å². The topological polar surface area (TPSA) is 68.2 Å². The maximum Gasteiger partial charge on any atom is 0.315 e. The molecule has 0 radical (unpaired) electrons. The largest absolute Gasteiger partial charge is 0.334 e. The molecule has 1 aliphatic heterocycles. The Morgan fingerprint density at radius 1 is 1.45 bits per heavy atom. The molecule has 1 saturated heterocycles. The average molecular weight is 300 g/mol. The Morgan fingerprint density at radius 3 is 2.82 bits per heavy atom. The van der Waals surface area contributed by atoms with E-state index >= 15 is 0 Å². The van der Waals surface area contributed by atoms with Gasteiger partial charge < -0.3 is 15.5 Å². The lowest BCUT2D eigenvalue weighted by molar-refractivity contribution is 0.191. The Hall–Kier alpha value is -2.06. The van der Waals surface area contributed by atoms with E-state index in [0.29, 0.717) is 5.56 Å². The van der Waals surface area contributed by atoms with Crippen molar-refractivity contribution in [2.24, 2.45) is 0 Å². The van der Waals surface area contributed by atoms with Gasteiger partial charge in [-0.25, -0.2) is 4.79 Å². The van der Waals surface area contributed by atoms with Crippen LogP contribution < -0.4 is 10.6 Å². The second-order valence-electron chi connectivity index (χ2n) is 5.81. The molecule has 2 atom stereocenters. The second kappa shape index (κ2) is 7.81. The van der Waals surface area contributed by atoms with Crippen molar-refractivity contribution in [3.63, 3.8) is 0 Å². The van der Waals surface area contributed by atoms with Crippen molar-refractivity contribution >= 4 is 6.03 Å². The predicted molar refractivity (Wildman–Crippen MR) is 86.4 cm³/mol. The Labute approximate surface area is 132 Å². The number of likely N-dealkylation sites (N-methyl/N-ethyl adjacent to an activating group) is 1. The van der Waals surface area contributed by atoms with E-state index in [2.05, 4.69) is 28.5 Å². The molecule has 0 bridgehead atoms. The SMILES string of the molecule is CCN1CCC[C@@H](NC(=O)N[C@H](C)c2ccc(C#N)cc2)C1. The summed E-state index contributed by atoms with van der Waals surface area (Å²) >= 11 is 0. The molecular weight excluding hydrogens is 276 g/mol. The van der Waals surface area contributed by atoms with Crippen LogP contribution in [-0.4, -0.2) is 36.6 Å². The minimum absolute atomic E-state index is 0.0846. The molecule has 1 fully saturated rings. The van der Waals surface area contributed by atoms with E-state index in [1.165, 1.54) is 0 Å². The number of rotatable bonds is 4. The fourth-order valence-electron chi connectivity index (χ4n) is 2.81. The maximum atomic E-state index is 12.1. The lowest BCUT2D eigenvalue weighted by Crippen LogP contribution is -2.50. The first kappa shape index (κ1) is 16.3. The van der Waals surface area contributed by atoms with Crippen molar-refractivity contribution in [2.45, 2.75) is 38.8 Å². The highest BCUT2D eigenvalue weighted by Gasteiger charge is 2.20. The molecule has 2 amide bonds. The number of likely N-dealkylation sites (tertiary alicyclic amines) is 1. The fourth-order valence-corrected chi connectivity index (χ4v) is 2.81. The summed E-state index contributed by atoms with van der Waals surface area (Å²) in [6.07, 6.45) is 2.17. The average Bonchev–Trinajstić information content (AvgIpc) is 2.55. The number of nitrogens with zero attached hydrogens (tertiary/aromatic N) is 2. The summed E-state index contributed by atoms with van der Waals surface area (Å²) in [4.78, 5) is 14.5. The Morgan fingerprint density at radius 2 is 2.18 bits per heavy atom. The van der Waals surface area contributed by atoms with Crippen molar-refractivity contribution in [3.05, 3.63) is 35.4 Å².